The third-order valence-electron chi connectivity index (χ3n) is 3.59. The molecule has 0 radical (unpaired) electrons. The molecule has 104 valence electrons. The van der Waals surface area contributed by atoms with Crippen LogP contribution in [0.2, 0.25) is 0 Å². The summed E-state index contributed by atoms with van der Waals surface area (Å²) in [4.78, 5) is 16.9. The van der Waals surface area contributed by atoms with Gasteiger partial charge in [0, 0.05) is 13.1 Å². The van der Waals surface area contributed by atoms with Crippen molar-refractivity contribution in [3.8, 4) is 0 Å². The predicted octanol–water partition coefficient (Wildman–Crippen LogP) is 1.52. The highest BCUT2D eigenvalue weighted by atomic mass is 19.1. The van der Waals surface area contributed by atoms with Gasteiger partial charge >= 0.3 is 5.97 Å². The average molecular weight is 268 g/mol. The smallest absolute Gasteiger partial charge is 0.339 e. The van der Waals surface area contributed by atoms with Gasteiger partial charge in [-0.25, -0.2) is 14.2 Å². The zero-order chi connectivity index (χ0) is 14.0. The molecule has 1 unspecified atom stereocenters. The van der Waals surface area contributed by atoms with E-state index in [9.17, 15) is 14.3 Å². The predicted molar refractivity (Wildman–Crippen MR) is 67.8 cm³/mol. The van der Waals surface area contributed by atoms with E-state index < -0.39 is 11.8 Å². The second-order valence-electron chi connectivity index (χ2n) is 4.89. The second kappa shape index (κ2) is 5.52. The summed E-state index contributed by atoms with van der Waals surface area (Å²) in [6.45, 7) is 3.00. The average Bonchev–Trinajstić information content (AvgIpc) is 2.38. The number of hydrogen-bond donors (Lipinski definition) is 2. The van der Waals surface area contributed by atoms with E-state index in [2.05, 4.69) is 4.98 Å². The maximum atomic E-state index is 13.1. The first kappa shape index (κ1) is 13.7. The van der Waals surface area contributed by atoms with E-state index in [1.54, 1.807) is 6.92 Å². The van der Waals surface area contributed by atoms with E-state index in [1.165, 1.54) is 0 Å². The normalized spacial score (nSPS) is 18.4. The number of aliphatic hydroxyl groups excluding tert-OH is 1. The lowest BCUT2D eigenvalue weighted by atomic mass is 9.92. The number of pyridine rings is 1. The number of piperidine rings is 1. The number of aromatic carboxylic acids is 1. The number of aromatic nitrogens is 1. The van der Waals surface area contributed by atoms with Gasteiger partial charge < -0.3 is 15.1 Å². The third kappa shape index (κ3) is 3.01. The topological polar surface area (TPSA) is 73.7 Å². The Morgan fingerprint density at radius 1 is 1.53 bits per heavy atom. The maximum Gasteiger partial charge on any atom is 0.339 e. The molecule has 0 amide bonds. The first-order valence-corrected chi connectivity index (χ1v) is 6.31. The molecule has 1 saturated heterocycles. The van der Waals surface area contributed by atoms with Crippen LogP contribution < -0.4 is 4.90 Å². The van der Waals surface area contributed by atoms with Crippen LogP contribution in [0, 0.1) is 11.7 Å². The van der Waals surface area contributed by atoms with Gasteiger partial charge in [-0.3, -0.25) is 0 Å². The number of anilines is 1. The molecular formula is C13H17FN2O3. The fourth-order valence-electron chi connectivity index (χ4n) is 2.44. The molecule has 1 atom stereocenters. The molecule has 1 aliphatic rings. The summed E-state index contributed by atoms with van der Waals surface area (Å²) < 4.78 is 13.1. The summed E-state index contributed by atoms with van der Waals surface area (Å²) in [5.74, 6) is -1.30. The van der Waals surface area contributed by atoms with Crippen LogP contribution in [0.5, 0.6) is 0 Å². The van der Waals surface area contributed by atoms with Gasteiger partial charge in [-0.1, -0.05) is 0 Å². The van der Waals surface area contributed by atoms with Crippen molar-refractivity contribution in [1.29, 1.82) is 0 Å². The van der Waals surface area contributed by atoms with Crippen LogP contribution in [-0.2, 0) is 0 Å². The molecule has 1 aromatic heterocycles. The number of carbonyl (C=O) groups is 1. The van der Waals surface area contributed by atoms with Gasteiger partial charge in [0.1, 0.15) is 17.2 Å². The Balaban J connectivity index is 2.17. The third-order valence-corrected chi connectivity index (χ3v) is 3.59. The van der Waals surface area contributed by atoms with E-state index in [4.69, 9.17) is 5.11 Å². The van der Waals surface area contributed by atoms with Crippen molar-refractivity contribution < 1.29 is 19.4 Å². The maximum absolute atomic E-state index is 13.1. The molecule has 1 aromatic rings. The molecule has 2 rings (SSSR count). The molecule has 0 aromatic carbocycles. The lowest BCUT2D eigenvalue weighted by Gasteiger charge is -2.34. The number of halogens is 1. The minimum atomic E-state index is -1.18. The zero-order valence-electron chi connectivity index (χ0n) is 10.7. The number of hydrogen-bond acceptors (Lipinski definition) is 4. The summed E-state index contributed by atoms with van der Waals surface area (Å²) >= 11 is 0. The van der Waals surface area contributed by atoms with Gasteiger partial charge in [0.2, 0.25) is 0 Å². The molecule has 0 saturated carbocycles. The molecule has 0 aliphatic carbocycles. The van der Waals surface area contributed by atoms with E-state index in [1.807, 2.05) is 4.90 Å². The standard InChI is InChI=1S/C13H17FN2O3/c1-8(17)9-2-4-16(5-3-9)12-11(13(18)19)6-10(14)7-15-12/h6-9,17H,2-5H2,1H3,(H,18,19). The second-order valence-corrected chi connectivity index (χ2v) is 4.89. The number of carboxylic acids is 1. The summed E-state index contributed by atoms with van der Waals surface area (Å²) in [6.07, 6.45) is 2.22. The largest absolute Gasteiger partial charge is 0.478 e. The van der Waals surface area contributed by atoms with Crippen LogP contribution in [-0.4, -0.2) is 40.4 Å². The van der Waals surface area contributed by atoms with Gasteiger partial charge in [-0.2, -0.15) is 0 Å². The van der Waals surface area contributed by atoms with Crippen molar-refractivity contribution in [2.24, 2.45) is 5.92 Å². The van der Waals surface area contributed by atoms with Crippen LogP contribution in [0.3, 0.4) is 0 Å². The molecule has 5 nitrogen and oxygen atoms in total. The number of rotatable bonds is 3. The van der Waals surface area contributed by atoms with E-state index in [-0.39, 0.29) is 17.6 Å². The van der Waals surface area contributed by atoms with Crippen LogP contribution in [0.4, 0.5) is 10.2 Å². The van der Waals surface area contributed by atoms with E-state index >= 15 is 0 Å². The Hall–Kier alpha value is -1.69. The van der Waals surface area contributed by atoms with Crippen molar-refractivity contribution in [3.05, 3.63) is 23.6 Å². The molecule has 6 heteroatoms. The molecule has 2 N–H and O–H groups in total. The van der Waals surface area contributed by atoms with Crippen LogP contribution in [0.1, 0.15) is 30.1 Å². The summed E-state index contributed by atoms with van der Waals surface area (Å²) in [6, 6.07) is 0.991. The van der Waals surface area contributed by atoms with Crippen molar-refractivity contribution in [1.82, 2.24) is 4.98 Å². The highest BCUT2D eigenvalue weighted by Gasteiger charge is 2.26. The summed E-state index contributed by atoms with van der Waals surface area (Å²) in [5, 5.41) is 18.6. The summed E-state index contributed by atoms with van der Waals surface area (Å²) in [7, 11) is 0. The van der Waals surface area contributed by atoms with Gasteiger partial charge in [-0.05, 0) is 31.7 Å². The first-order chi connectivity index (χ1) is 8.99. The number of nitrogens with zero attached hydrogens (tertiary/aromatic N) is 2. The number of aliphatic hydroxyl groups is 1. The lowest BCUT2D eigenvalue weighted by molar-refractivity contribution is 0.0695. The Labute approximate surface area is 110 Å². The molecule has 2 heterocycles. The SMILES string of the molecule is CC(O)C1CCN(c2ncc(F)cc2C(=O)O)CC1. The van der Waals surface area contributed by atoms with Crippen LogP contribution in [0.25, 0.3) is 0 Å². The van der Waals surface area contributed by atoms with Gasteiger partial charge in [-0.15, -0.1) is 0 Å². The monoisotopic (exact) mass is 268 g/mol. The molecule has 19 heavy (non-hydrogen) atoms. The van der Waals surface area contributed by atoms with Crippen LogP contribution in [0.15, 0.2) is 12.3 Å². The van der Waals surface area contributed by atoms with E-state index in [0.29, 0.717) is 18.9 Å². The molecule has 1 fully saturated rings. The Kier molecular flexibility index (Phi) is 3.99. The van der Waals surface area contributed by atoms with Gasteiger partial charge in [0.05, 0.1) is 12.3 Å². The minimum Gasteiger partial charge on any atom is -0.478 e. The van der Waals surface area contributed by atoms with Crippen molar-refractivity contribution in [2.45, 2.75) is 25.9 Å². The van der Waals surface area contributed by atoms with Gasteiger partial charge in [0.25, 0.3) is 0 Å². The molecule has 0 bridgehead atoms. The Morgan fingerprint density at radius 3 is 2.68 bits per heavy atom. The highest BCUT2D eigenvalue weighted by Crippen LogP contribution is 2.26. The number of carboxylic acid groups (broad SMARTS) is 1. The van der Waals surface area contributed by atoms with Crippen molar-refractivity contribution >= 4 is 11.8 Å². The Bertz CT molecular complexity index is 471. The first-order valence-electron chi connectivity index (χ1n) is 6.31. The lowest BCUT2D eigenvalue weighted by Crippen LogP contribution is -2.38. The van der Waals surface area contributed by atoms with Crippen molar-refractivity contribution in [3.63, 3.8) is 0 Å². The molecule has 1 aliphatic heterocycles. The fraction of sp³-hybridized carbons (Fsp3) is 0.538. The summed E-state index contributed by atoms with van der Waals surface area (Å²) in [5.41, 5.74) is -0.115. The highest BCUT2D eigenvalue weighted by molar-refractivity contribution is 5.93. The molecular weight excluding hydrogens is 251 g/mol. The zero-order valence-corrected chi connectivity index (χ0v) is 10.7. The van der Waals surface area contributed by atoms with Crippen molar-refractivity contribution in [2.75, 3.05) is 18.0 Å². The molecule has 0 spiro atoms. The minimum absolute atomic E-state index is 0.115. The van der Waals surface area contributed by atoms with Gasteiger partial charge in [0.15, 0.2) is 0 Å². The van der Waals surface area contributed by atoms with Crippen LogP contribution >= 0.6 is 0 Å². The quantitative estimate of drug-likeness (QED) is 0.869. The van der Waals surface area contributed by atoms with E-state index in [0.717, 1.165) is 25.1 Å². The fourth-order valence-corrected chi connectivity index (χ4v) is 2.44. The Morgan fingerprint density at radius 2 is 2.16 bits per heavy atom.